The highest BCUT2D eigenvalue weighted by atomic mass is 19.4. The summed E-state index contributed by atoms with van der Waals surface area (Å²) in [7, 11) is 0. The maximum atomic E-state index is 12.0. The fourth-order valence-corrected chi connectivity index (χ4v) is 0.821. The van der Waals surface area contributed by atoms with Crippen molar-refractivity contribution in [2.75, 3.05) is 0 Å². The molecule has 0 bridgehead atoms. The van der Waals surface area contributed by atoms with E-state index in [-0.39, 0.29) is 0 Å². The predicted molar refractivity (Wildman–Crippen MR) is 36.8 cm³/mol. The van der Waals surface area contributed by atoms with Crippen molar-refractivity contribution in [3.05, 3.63) is 23.8 Å². The maximum absolute atomic E-state index is 12.0. The summed E-state index contributed by atoms with van der Waals surface area (Å²) >= 11 is 0. The Kier molecular flexibility index (Phi) is 2.87. The van der Waals surface area contributed by atoms with Crippen molar-refractivity contribution in [1.29, 1.82) is 0 Å². The first-order chi connectivity index (χ1) is 6.68. The summed E-state index contributed by atoms with van der Waals surface area (Å²) in [5, 5.41) is 0. The van der Waals surface area contributed by atoms with Gasteiger partial charge in [-0.2, -0.15) is 26.3 Å². The van der Waals surface area contributed by atoms with Gasteiger partial charge in [0.1, 0.15) is 17.9 Å². The third kappa shape index (κ3) is 3.72. The number of halogens is 6. The summed E-state index contributed by atoms with van der Waals surface area (Å²) in [4.78, 5) is 5.88. The Morgan fingerprint density at radius 2 is 1.67 bits per heavy atom. The molecular weight excluding hydrogens is 226 g/mol. The Bertz CT molecular complexity index is 342. The SMILES string of the molecule is FC(F)(F)Cc1nccc(C(F)(F)F)n1. The topological polar surface area (TPSA) is 25.8 Å². The summed E-state index contributed by atoms with van der Waals surface area (Å²) in [5.41, 5.74) is -1.38. The van der Waals surface area contributed by atoms with Gasteiger partial charge in [-0.1, -0.05) is 0 Å². The molecule has 15 heavy (non-hydrogen) atoms. The molecule has 0 atom stereocenters. The molecular formula is C7H4F6N2. The number of alkyl halides is 6. The van der Waals surface area contributed by atoms with Crippen LogP contribution in [0.3, 0.4) is 0 Å². The van der Waals surface area contributed by atoms with Gasteiger partial charge in [-0.15, -0.1) is 0 Å². The van der Waals surface area contributed by atoms with E-state index in [0.29, 0.717) is 12.3 Å². The van der Waals surface area contributed by atoms with Crippen molar-refractivity contribution in [2.24, 2.45) is 0 Å². The van der Waals surface area contributed by atoms with Gasteiger partial charge in [-0.3, -0.25) is 0 Å². The lowest BCUT2D eigenvalue weighted by Gasteiger charge is -2.08. The van der Waals surface area contributed by atoms with Crippen LogP contribution in [0.15, 0.2) is 12.3 Å². The molecule has 0 aliphatic rings. The van der Waals surface area contributed by atoms with Crippen molar-refractivity contribution < 1.29 is 26.3 Å². The zero-order valence-corrected chi connectivity index (χ0v) is 7.02. The van der Waals surface area contributed by atoms with Crippen molar-refractivity contribution >= 4 is 0 Å². The van der Waals surface area contributed by atoms with Crippen LogP contribution in [0.4, 0.5) is 26.3 Å². The van der Waals surface area contributed by atoms with E-state index in [1.54, 1.807) is 0 Å². The molecule has 1 heterocycles. The van der Waals surface area contributed by atoms with E-state index in [0.717, 1.165) is 0 Å². The second-order valence-corrected chi connectivity index (χ2v) is 2.65. The van der Waals surface area contributed by atoms with E-state index < -0.39 is 30.3 Å². The molecule has 1 rings (SSSR count). The van der Waals surface area contributed by atoms with Crippen LogP contribution in [0.25, 0.3) is 0 Å². The van der Waals surface area contributed by atoms with E-state index in [1.165, 1.54) is 0 Å². The molecule has 0 spiro atoms. The van der Waals surface area contributed by atoms with E-state index in [4.69, 9.17) is 0 Å². The summed E-state index contributed by atoms with van der Waals surface area (Å²) in [5.74, 6) is -0.891. The molecule has 0 fully saturated rings. The predicted octanol–water partition coefficient (Wildman–Crippen LogP) is 2.60. The van der Waals surface area contributed by atoms with Crippen molar-refractivity contribution in [1.82, 2.24) is 9.97 Å². The van der Waals surface area contributed by atoms with E-state index in [9.17, 15) is 26.3 Å². The molecule has 0 aliphatic heterocycles. The Hall–Kier alpha value is -1.34. The summed E-state index contributed by atoms with van der Waals surface area (Å²) in [6.45, 7) is 0. The van der Waals surface area contributed by atoms with Gasteiger partial charge in [0.2, 0.25) is 0 Å². The Labute approximate surface area is 80.0 Å². The van der Waals surface area contributed by atoms with Gasteiger partial charge >= 0.3 is 12.4 Å². The lowest BCUT2D eigenvalue weighted by molar-refractivity contribution is -0.143. The van der Waals surface area contributed by atoms with Crippen LogP contribution in [0.1, 0.15) is 11.5 Å². The Morgan fingerprint density at radius 1 is 1.07 bits per heavy atom. The molecule has 0 unspecified atom stereocenters. The zero-order valence-electron chi connectivity index (χ0n) is 7.02. The minimum atomic E-state index is -4.76. The van der Waals surface area contributed by atoms with Gasteiger partial charge in [-0.05, 0) is 6.07 Å². The number of hydrogen-bond donors (Lipinski definition) is 0. The van der Waals surface area contributed by atoms with Gasteiger partial charge in [0.15, 0.2) is 0 Å². The second-order valence-electron chi connectivity index (χ2n) is 2.65. The average Bonchev–Trinajstić information content (AvgIpc) is 1.99. The van der Waals surface area contributed by atoms with Crippen molar-refractivity contribution in [3.8, 4) is 0 Å². The highest BCUT2D eigenvalue weighted by Crippen LogP contribution is 2.27. The van der Waals surface area contributed by atoms with Crippen molar-refractivity contribution in [3.63, 3.8) is 0 Å². The fourth-order valence-electron chi connectivity index (χ4n) is 0.821. The van der Waals surface area contributed by atoms with Gasteiger partial charge in [0, 0.05) is 6.20 Å². The van der Waals surface area contributed by atoms with Crippen molar-refractivity contribution in [2.45, 2.75) is 18.8 Å². The molecule has 1 aromatic heterocycles. The summed E-state index contributed by atoms with van der Waals surface area (Å²) < 4.78 is 71.5. The van der Waals surface area contributed by atoms with E-state index >= 15 is 0 Å². The number of hydrogen-bond acceptors (Lipinski definition) is 2. The highest BCUT2D eigenvalue weighted by Gasteiger charge is 2.34. The molecule has 84 valence electrons. The lowest BCUT2D eigenvalue weighted by atomic mass is 10.3. The summed E-state index contributed by atoms with van der Waals surface area (Å²) in [6, 6.07) is 0.514. The molecule has 0 saturated carbocycles. The minimum Gasteiger partial charge on any atom is -0.241 e. The van der Waals surface area contributed by atoms with Crippen LogP contribution >= 0.6 is 0 Å². The van der Waals surface area contributed by atoms with Gasteiger partial charge < -0.3 is 0 Å². The molecule has 0 N–H and O–H groups in total. The first-order valence-corrected chi connectivity index (χ1v) is 3.64. The largest absolute Gasteiger partial charge is 0.433 e. The second kappa shape index (κ2) is 3.67. The van der Waals surface area contributed by atoms with Crippen LogP contribution in [-0.4, -0.2) is 16.1 Å². The highest BCUT2D eigenvalue weighted by molar-refractivity contribution is 5.06. The zero-order chi connectivity index (χ0) is 11.7. The lowest BCUT2D eigenvalue weighted by Crippen LogP contribution is -2.17. The smallest absolute Gasteiger partial charge is 0.241 e. The number of aromatic nitrogens is 2. The van der Waals surface area contributed by atoms with Crippen LogP contribution in [-0.2, 0) is 12.6 Å². The molecule has 0 amide bonds. The van der Waals surface area contributed by atoms with Gasteiger partial charge in [0.25, 0.3) is 0 Å². The standard InChI is InChI=1S/C7H4F6N2/c8-6(9,10)3-5-14-2-1-4(15-5)7(11,12)13/h1-2H,3H2. The van der Waals surface area contributed by atoms with Gasteiger partial charge in [-0.25, -0.2) is 9.97 Å². The Balaban J connectivity index is 2.94. The normalized spacial score (nSPS) is 12.9. The average molecular weight is 230 g/mol. The number of nitrogens with zero attached hydrogens (tertiary/aromatic N) is 2. The quantitative estimate of drug-likeness (QED) is 0.693. The first kappa shape index (κ1) is 11.7. The molecule has 0 aliphatic carbocycles. The van der Waals surface area contributed by atoms with E-state index in [1.807, 2.05) is 0 Å². The molecule has 2 nitrogen and oxygen atoms in total. The molecule has 1 aromatic rings. The monoisotopic (exact) mass is 230 g/mol. The molecule has 0 saturated heterocycles. The van der Waals surface area contributed by atoms with Gasteiger partial charge in [0.05, 0.1) is 0 Å². The third-order valence-corrected chi connectivity index (χ3v) is 1.35. The first-order valence-electron chi connectivity index (χ1n) is 3.64. The fraction of sp³-hybridized carbons (Fsp3) is 0.429. The van der Waals surface area contributed by atoms with Crippen LogP contribution in [0.5, 0.6) is 0 Å². The van der Waals surface area contributed by atoms with Crippen LogP contribution < -0.4 is 0 Å². The minimum absolute atomic E-state index is 0.514. The van der Waals surface area contributed by atoms with Crippen LogP contribution in [0.2, 0.25) is 0 Å². The Morgan fingerprint density at radius 3 is 2.13 bits per heavy atom. The number of rotatable bonds is 1. The summed E-state index contributed by atoms with van der Waals surface area (Å²) in [6.07, 6.45) is -10.3. The molecule has 0 radical (unpaired) electrons. The molecule has 0 aromatic carbocycles. The van der Waals surface area contributed by atoms with E-state index in [2.05, 4.69) is 9.97 Å². The van der Waals surface area contributed by atoms with Crippen LogP contribution in [0, 0.1) is 0 Å². The maximum Gasteiger partial charge on any atom is 0.433 e. The third-order valence-electron chi connectivity index (χ3n) is 1.35. The molecule has 8 heteroatoms.